The Morgan fingerprint density at radius 3 is 2.73 bits per heavy atom. The molecule has 11 heavy (non-hydrogen) atoms. The summed E-state index contributed by atoms with van der Waals surface area (Å²) in [7, 11) is 0. The SMILES string of the molecule is CC(F)(F)C1CCCCNC1. The second-order valence-electron chi connectivity index (χ2n) is 3.35. The van der Waals surface area contributed by atoms with Crippen LogP contribution in [0.3, 0.4) is 0 Å². The Morgan fingerprint density at radius 2 is 2.09 bits per heavy atom. The molecule has 0 bridgehead atoms. The Balaban J connectivity index is 2.43. The zero-order chi connectivity index (χ0) is 8.32. The molecule has 1 fully saturated rings. The van der Waals surface area contributed by atoms with Gasteiger partial charge in [0.15, 0.2) is 0 Å². The van der Waals surface area contributed by atoms with Crippen LogP contribution in [0.4, 0.5) is 8.78 Å². The van der Waals surface area contributed by atoms with Crippen molar-refractivity contribution in [2.75, 3.05) is 13.1 Å². The third-order valence-corrected chi connectivity index (χ3v) is 2.26. The highest BCUT2D eigenvalue weighted by molar-refractivity contribution is 4.76. The number of nitrogens with one attached hydrogen (secondary N) is 1. The molecule has 0 spiro atoms. The van der Waals surface area contributed by atoms with E-state index in [0.717, 1.165) is 26.3 Å². The zero-order valence-corrected chi connectivity index (χ0v) is 6.87. The third kappa shape index (κ3) is 2.73. The summed E-state index contributed by atoms with van der Waals surface area (Å²) < 4.78 is 25.5. The Kier molecular flexibility index (Phi) is 2.82. The maximum absolute atomic E-state index is 12.7. The lowest BCUT2D eigenvalue weighted by Crippen LogP contribution is -2.32. The summed E-state index contributed by atoms with van der Waals surface area (Å²) in [5.41, 5.74) is 0. The molecule has 1 aliphatic rings. The summed E-state index contributed by atoms with van der Waals surface area (Å²) in [5.74, 6) is -2.96. The first-order valence-corrected chi connectivity index (χ1v) is 4.19. The summed E-state index contributed by atoms with van der Waals surface area (Å²) in [6, 6.07) is 0. The number of alkyl halides is 2. The number of hydrogen-bond donors (Lipinski definition) is 1. The number of rotatable bonds is 1. The quantitative estimate of drug-likeness (QED) is 0.623. The van der Waals surface area contributed by atoms with Crippen molar-refractivity contribution in [3.8, 4) is 0 Å². The van der Waals surface area contributed by atoms with E-state index in [4.69, 9.17) is 0 Å². The van der Waals surface area contributed by atoms with Gasteiger partial charge in [0.1, 0.15) is 0 Å². The van der Waals surface area contributed by atoms with Crippen LogP contribution in [0.15, 0.2) is 0 Å². The van der Waals surface area contributed by atoms with Gasteiger partial charge in [0.05, 0.1) is 0 Å². The highest BCUT2D eigenvalue weighted by Gasteiger charge is 2.33. The van der Waals surface area contributed by atoms with E-state index in [-0.39, 0.29) is 0 Å². The first-order chi connectivity index (χ1) is 5.11. The molecule has 1 atom stereocenters. The third-order valence-electron chi connectivity index (χ3n) is 2.26. The highest BCUT2D eigenvalue weighted by Crippen LogP contribution is 2.28. The van der Waals surface area contributed by atoms with E-state index in [1.54, 1.807) is 0 Å². The van der Waals surface area contributed by atoms with E-state index in [9.17, 15) is 8.78 Å². The van der Waals surface area contributed by atoms with Gasteiger partial charge in [-0.1, -0.05) is 6.42 Å². The smallest absolute Gasteiger partial charge is 0.249 e. The minimum absolute atomic E-state index is 0.454. The van der Waals surface area contributed by atoms with Gasteiger partial charge in [-0.15, -0.1) is 0 Å². The fraction of sp³-hybridized carbons (Fsp3) is 1.00. The van der Waals surface area contributed by atoms with Gasteiger partial charge >= 0.3 is 0 Å². The summed E-state index contributed by atoms with van der Waals surface area (Å²) >= 11 is 0. The topological polar surface area (TPSA) is 12.0 Å². The molecular weight excluding hydrogens is 148 g/mol. The van der Waals surface area contributed by atoms with Crippen molar-refractivity contribution in [3.63, 3.8) is 0 Å². The molecule has 3 heteroatoms. The molecule has 1 nitrogen and oxygen atoms in total. The largest absolute Gasteiger partial charge is 0.316 e. The van der Waals surface area contributed by atoms with Crippen LogP contribution in [0.25, 0.3) is 0 Å². The van der Waals surface area contributed by atoms with Crippen LogP contribution < -0.4 is 5.32 Å². The molecule has 0 radical (unpaired) electrons. The van der Waals surface area contributed by atoms with Gasteiger partial charge in [0.2, 0.25) is 5.92 Å². The second kappa shape index (κ2) is 3.48. The van der Waals surface area contributed by atoms with Crippen LogP contribution in [0.5, 0.6) is 0 Å². The van der Waals surface area contributed by atoms with Crippen LogP contribution in [0.2, 0.25) is 0 Å². The Hall–Kier alpha value is -0.180. The molecule has 1 heterocycles. The van der Waals surface area contributed by atoms with E-state index in [1.165, 1.54) is 0 Å². The van der Waals surface area contributed by atoms with Crippen molar-refractivity contribution < 1.29 is 8.78 Å². The van der Waals surface area contributed by atoms with Crippen molar-refractivity contribution in [2.45, 2.75) is 32.1 Å². The molecule has 0 saturated carbocycles. The summed E-state index contributed by atoms with van der Waals surface area (Å²) in [6.45, 7) is 2.39. The predicted octanol–water partition coefficient (Wildman–Crippen LogP) is 2.03. The van der Waals surface area contributed by atoms with Crippen LogP contribution in [0, 0.1) is 5.92 Å². The van der Waals surface area contributed by atoms with Gasteiger partial charge in [-0.25, -0.2) is 8.78 Å². The fourth-order valence-electron chi connectivity index (χ4n) is 1.45. The molecule has 1 rings (SSSR count). The summed E-state index contributed by atoms with van der Waals surface area (Å²) in [6.07, 6.45) is 2.63. The first kappa shape index (κ1) is 8.91. The summed E-state index contributed by atoms with van der Waals surface area (Å²) in [5, 5.41) is 3.02. The van der Waals surface area contributed by atoms with Gasteiger partial charge in [0, 0.05) is 12.5 Å². The van der Waals surface area contributed by atoms with Crippen molar-refractivity contribution >= 4 is 0 Å². The van der Waals surface area contributed by atoms with Crippen molar-refractivity contribution in [3.05, 3.63) is 0 Å². The van der Waals surface area contributed by atoms with E-state index < -0.39 is 11.8 Å². The lowest BCUT2D eigenvalue weighted by Gasteiger charge is -2.21. The minimum atomic E-state index is -2.50. The number of hydrogen-bond acceptors (Lipinski definition) is 1. The maximum Gasteiger partial charge on any atom is 0.249 e. The van der Waals surface area contributed by atoms with E-state index in [0.29, 0.717) is 13.0 Å². The molecule has 0 aromatic rings. The zero-order valence-electron chi connectivity index (χ0n) is 6.87. The van der Waals surface area contributed by atoms with E-state index >= 15 is 0 Å². The first-order valence-electron chi connectivity index (χ1n) is 4.19. The molecule has 0 aromatic carbocycles. The molecule has 1 aliphatic heterocycles. The molecule has 1 saturated heterocycles. The average molecular weight is 163 g/mol. The standard InChI is InChI=1S/C8H15F2N/c1-8(9,10)7-4-2-3-5-11-6-7/h7,11H,2-6H2,1H3. The Bertz CT molecular complexity index is 112. The molecule has 0 amide bonds. The van der Waals surface area contributed by atoms with E-state index in [1.807, 2.05) is 0 Å². The lowest BCUT2D eigenvalue weighted by atomic mass is 9.97. The van der Waals surface area contributed by atoms with Gasteiger partial charge in [-0.2, -0.15) is 0 Å². The number of halogens is 2. The predicted molar refractivity (Wildman–Crippen MR) is 40.8 cm³/mol. The van der Waals surface area contributed by atoms with Crippen molar-refractivity contribution in [1.82, 2.24) is 5.32 Å². The van der Waals surface area contributed by atoms with Gasteiger partial charge in [-0.05, 0) is 26.3 Å². The van der Waals surface area contributed by atoms with Crippen molar-refractivity contribution in [1.29, 1.82) is 0 Å². The molecule has 0 aliphatic carbocycles. The molecular formula is C8H15F2N. The fourth-order valence-corrected chi connectivity index (χ4v) is 1.45. The summed E-state index contributed by atoms with van der Waals surface area (Å²) in [4.78, 5) is 0. The molecule has 66 valence electrons. The molecule has 1 unspecified atom stereocenters. The minimum Gasteiger partial charge on any atom is -0.316 e. The van der Waals surface area contributed by atoms with Crippen LogP contribution in [-0.2, 0) is 0 Å². The van der Waals surface area contributed by atoms with Crippen LogP contribution in [0.1, 0.15) is 26.2 Å². The van der Waals surface area contributed by atoms with E-state index in [2.05, 4.69) is 5.32 Å². The average Bonchev–Trinajstić information content (AvgIpc) is 2.10. The molecule has 1 N–H and O–H groups in total. The van der Waals surface area contributed by atoms with Gasteiger partial charge < -0.3 is 5.32 Å². The Labute approximate surface area is 66.2 Å². The molecule has 0 aromatic heterocycles. The monoisotopic (exact) mass is 163 g/mol. The second-order valence-corrected chi connectivity index (χ2v) is 3.35. The highest BCUT2D eigenvalue weighted by atomic mass is 19.3. The lowest BCUT2D eigenvalue weighted by molar-refractivity contribution is -0.0403. The Morgan fingerprint density at radius 1 is 1.36 bits per heavy atom. The van der Waals surface area contributed by atoms with Crippen LogP contribution in [-0.4, -0.2) is 19.0 Å². The van der Waals surface area contributed by atoms with Gasteiger partial charge in [-0.3, -0.25) is 0 Å². The van der Waals surface area contributed by atoms with Crippen LogP contribution >= 0.6 is 0 Å². The van der Waals surface area contributed by atoms with Gasteiger partial charge in [0.25, 0.3) is 0 Å². The normalized spacial score (nSPS) is 28.1. The van der Waals surface area contributed by atoms with Crippen molar-refractivity contribution in [2.24, 2.45) is 5.92 Å². The maximum atomic E-state index is 12.7.